The smallest absolute Gasteiger partial charge is 0.400 e. The number of aliphatic hydroxyl groups is 1. The van der Waals surface area contributed by atoms with E-state index in [1.54, 1.807) is 6.08 Å². The largest absolute Gasteiger partial charge is 0.492 e. The van der Waals surface area contributed by atoms with Gasteiger partial charge in [0.05, 0.1) is 23.4 Å². The van der Waals surface area contributed by atoms with Crippen molar-refractivity contribution in [3.05, 3.63) is 34.8 Å². The van der Waals surface area contributed by atoms with Crippen LogP contribution in [0.15, 0.2) is 17.7 Å². The van der Waals surface area contributed by atoms with Crippen molar-refractivity contribution in [1.82, 2.24) is 4.98 Å². The summed E-state index contributed by atoms with van der Waals surface area (Å²) < 4.78 is 24.9. The number of carbonyl (C=O) groups excluding carboxylic acids is 1. The fourth-order valence-electron chi connectivity index (χ4n) is 2.04. The Labute approximate surface area is 129 Å². The number of nitrogens with zero attached hydrogens (tertiary/aromatic N) is 1. The third kappa shape index (κ3) is 3.11. The molecule has 0 amide bonds. The van der Waals surface area contributed by atoms with Gasteiger partial charge in [-0.1, -0.05) is 6.08 Å². The van der Waals surface area contributed by atoms with Crippen LogP contribution in [0.4, 0.5) is 4.39 Å². The van der Waals surface area contributed by atoms with Gasteiger partial charge in [-0.3, -0.25) is 4.79 Å². The number of aldehydes is 1. The molecule has 1 aliphatic rings. The number of aromatic nitrogens is 1. The number of aliphatic hydroxyl groups excluding tert-OH is 1. The summed E-state index contributed by atoms with van der Waals surface area (Å²) in [4.78, 5) is 14.3. The highest BCUT2D eigenvalue weighted by atomic mass is 19.1. The third-order valence-corrected chi connectivity index (χ3v) is 4.10. The van der Waals surface area contributed by atoms with E-state index in [0.717, 1.165) is 0 Å². The van der Waals surface area contributed by atoms with Crippen molar-refractivity contribution in [1.29, 1.82) is 0 Å². The third-order valence-electron chi connectivity index (χ3n) is 4.10. The van der Waals surface area contributed by atoms with Crippen LogP contribution in [-0.2, 0) is 9.31 Å². The lowest BCUT2D eigenvalue weighted by atomic mass is 9.77. The highest BCUT2D eigenvalue weighted by Crippen LogP contribution is 2.38. The Morgan fingerprint density at radius 2 is 1.95 bits per heavy atom. The fraction of sp³-hybridized carbons (Fsp3) is 0.467. The minimum absolute atomic E-state index is 0.139. The Morgan fingerprint density at radius 3 is 2.45 bits per heavy atom. The van der Waals surface area contributed by atoms with Gasteiger partial charge in [0.2, 0.25) is 5.95 Å². The van der Waals surface area contributed by atoms with Gasteiger partial charge in [0.15, 0.2) is 6.29 Å². The fourth-order valence-corrected chi connectivity index (χ4v) is 2.04. The van der Waals surface area contributed by atoms with E-state index in [2.05, 4.69) is 4.98 Å². The van der Waals surface area contributed by atoms with Gasteiger partial charge >= 0.3 is 7.12 Å². The average Bonchev–Trinajstić information content (AvgIpc) is 2.66. The molecule has 0 unspecified atom stereocenters. The monoisotopic (exact) mass is 307 g/mol. The van der Waals surface area contributed by atoms with Gasteiger partial charge in [-0.25, -0.2) is 4.98 Å². The Balaban J connectivity index is 2.31. The van der Waals surface area contributed by atoms with Crippen LogP contribution in [0.5, 0.6) is 0 Å². The summed E-state index contributed by atoms with van der Waals surface area (Å²) in [7, 11) is -0.709. The molecule has 1 aromatic rings. The zero-order chi connectivity index (χ0) is 16.5. The Bertz CT molecular complexity index is 600. The molecule has 0 saturated carbocycles. The summed E-state index contributed by atoms with van der Waals surface area (Å²) in [5.74, 6) is -0.826. The van der Waals surface area contributed by atoms with E-state index in [-0.39, 0.29) is 12.2 Å². The van der Waals surface area contributed by atoms with Gasteiger partial charge in [0, 0.05) is 6.20 Å². The Hall–Kier alpha value is -1.57. The molecule has 1 aromatic heterocycles. The van der Waals surface area contributed by atoms with Gasteiger partial charge in [0.25, 0.3) is 0 Å². The van der Waals surface area contributed by atoms with Crippen LogP contribution in [0.2, 0.25) is 0 Å². The molecule has 1 N–H and O–H groups in total. The number of hydrogen-bond donors (Lipinski definition) is 1. The van der Waals surface area contributed by atoms with Crippen LogP contribution in [0.3, 0.4) is 0 Å². The van der Waals surface area contributed by atoms with Gasteiger partial charge in [-0.15, -0.1) is 0 Å². The van der Waals surface area contributed by atoms with Crippen LogP contribution in [0.1, 0.15) is 43.6 Å². The second-order valence-electron chi connectivity index (χ2n) is 6.23. The van der Waals surface area contributed by atoms with Gasteiger partial charge in [0.1, 0.15) is 0 Å². The zero-order valence-corrected chi connectivity index (χ0v) is 13.1. The van der Waals surface area contributed by atoms with Crippen molar-refractivity contribution in [2.75, 3.05) is 6.61 Å². The topological polar surface area (TPSA) is 68.7 Å². The highest BCUT2D eigenvalue weighted by Gasteiger charge is 2.52. The van der Waals surface area contributed by atoms with Crippen molar-refractivity contribution >= 4 is 19.5 Å². The summed E-state index contributed by atoms with van der Waals surface area (Å²) >= 11 is 0. The molecule has 0 spiro atoms. The summed E-state index contributed by atoms with van der Waals surface area (Å²) in [6.07, 6.45) is 3.26. The molecule has 0 radical (unpaired) electrons. The highest BCUT2D eigenvalue weighted by molar-refractivity contribution is 6.55. The molecule has 1 aliphatic heterocycles. The average molecular weight is 307 g/mol. The van der Waals surface area contributed by atoms with E-state index >= 15 is 0 Å². The molecule has 0 aromatic carbocycles. The van der Waals surface area contributed by atoms with Gasteiger partial charge in [-0.05, 0) is 44.8 Å². The van der Waals surface area contributed by atoms with Crippen LogP contribution in [0, 0.1) is 5.95 Å². The molecular formula is C15H19BFNO4. The second kappa shape index (κ2) is 5.91. The Morgan fingerprint density at radius 1 is 1.36 bits per heavy atom. The number of pyridine rings is 1. The summed E-state index contributed by atoms with van der Waals surface area (Å²) in [6.45, 7) is 7.35. The van der Waals surface area contributed by atoms with E-state index < -0.39 is 24.3 Å². The minimum atomic E-state index is -0.826. The first kappa shape index (κ1) is 16.8. The molecule has 7 heteroatoms. The summed E-state index contributed by atoms with van der Waals surface area (Å²) in [5, 5.41) is 9.58. The van der Waals surface area contributed by atoms with E-state index in [0.29, 0.717) is 17.3 Å². The van der Waals surface area contributed by atoms with Crippen molar-refractivity contribution < 1.29 is 23.6 Å². The molecule has 1 saturated heterocycles. The van der Waals surface area contributed by atoms with E-state index in [1.165, 1.54) is 12.3 Å². The first-order valence-electron chi connectivity index (χ1n) is 6.98. The molecule has 0 bridgehead atoms. The van der Waals surface area contributed by atoms with Crippen LogP contribution in [0.25, 0.3) is 6.08 Å². The minimum Gasteiger partial charge on any atom is -0.400 e. The number of rotatable bonds is 4. The quantitative estimate of drug-likeness (QED) is 0.524. The first-order valence-corrected chi connectivity index (χ1v) is 6.98. The Kier molecular flexibility index (Phi) is 4.51. The SMILES string of the molecule is CC1(C)OB(C(=Cc2cnc(F)c(C=O)c2)CO)OC1(C)C. The summed E-state index contributed by atoms with van der Waals surface area (Å²) in [6, 6.07) is 1.36. The van der Waals surface area contributed by atoms with Crippen molar-refractivity contribution in [2.24, 2.45) is 0 Å². The molecule has 0 aliphatic carbocycles. The molecule has 118 valence electrons. The lowest BCUT2D eigenvalue weighted by Crippen LogP contribution is -2.41. The van der Waals surface area contributed by atoms with Crippen molar-refractivity contribution in [2.45, 2.75) is 38.9 Å². The number of carbonyl (C=O) groups is 1. The summed E-state index contributed by atoms with van der Waals surface area (Å²) in [5.41, 5.74) is -0.229. The van der Waals surface area contributed by atoms with Crippen LogP contribution >= 0.6 is 0 Å². The van der Waals surface area contributed by atoms with Crippen LogP contribution < -0.4 is 0 Å². The van der Waals surface area contributed by atoms with Gasteiger partial charge < -0.3 is 14.4 Å². The maximum absolute atomic E-state index is 13.2. The molecule has 2 heterocycles. The molecular weight excluding hydrogens is 288 g/mol. The normalized spacial score (nSPS) is 20.3. The maximum Gasteiger partial charge on any atom is 0.492 e. The second-order valence-corrected chi connectivity index (χ2v) is 6.23. The standard InChI is InChI=1S/C15H19BFNO4/c1-14(2)15(3,4)22-16(21-14)12(9-20)6-10-5-11(8-19)13(17)18-7-10/h5-8,20H,9H2,1-4H3. The molecule has 2 rings (SSSR count). The van der Waals surface area contributed by atoms with E-state index in [4.69, 9.17) is 9.31 Å². The predicted octanol–water partition coefficient (Wildman–Crippen LogP) is 2.04. The molecule has 5 nitrogen and oxygen atoms in total. The van der Waals surface area contributed by atoms with Crippen LogP contribution in [-0.4, -0.2) is 41.3 Å². The van der Waals surface area contributed by atoms with Crippen molar-refractivity contribution in [3.63, 3.8) is 0 Å². The van der Waals surface area contributed by atoms with Crippen molar-refractivity contribution in [3.8, 4) is 0 Å². The molecule has 22 heavy (non-hydrogen) atoms. The number of halogens is 1. The predicted molar refractivity (Wildman–Crippen MR) is 80.7 cm³/mol. The first-order chi connectivity index (χ1) is 10.2. The lowest BCUT2D eigenvalue weighted by molar-refractivity contribution is 0.00578. The number of hydrogen-bond acceptors (Lipinski definition) is 5. The molecule has 0 atom stereocenters. The zero-order valence-electron chi connectivity index (χ0n) is 13.1. The lowest BCUT2D eigenvalue weighted by Gasteiger charge is -2.32. The maximum atomic E-state index is 13.2. The van der Waals surface area contributed by atoms with E-state index in [9.17, 15) is 14.3 Å². The van der Waals surface area contributed by atoms with E-state index in [1.807, 2.05) is 27.7 Å². The molecule has 1 fully saturated rings. The van der Waals surface area contributed by atoms with Gasteiger partial charge in [-0.2, -0.15) is 4.39 Å².